The number of anilines is 1. The van der Waals surface area contributed by atoms with Gasteiger partial charge in [-0.3, -0.25) is 14.9 Å². The maximum absolute atomic E-state index is 14.9. The number of imide groups is 1. The van der Waals surface area contributed by atoms with Crippen LogP contribution in [0.3, 0.4) is 0 Å². The number of nitrogens with one attached hydrogen (secondary N) is 2. The molecule has 4 aromatic carbocycles. The molecule has 39 heavy (non-hydrogen) atoms. The summed E-state index contributed by atoms with van der Waals surface area (Å²) in [5, 5.41) is 14.4. The Morgan fingerprint density at radius 1 is 0.872 bits per heavy atom. The first kappa shape index (κ1) is 25.2. The van der Waals surface area contributed by atoms with E-state index in [1.807, 2.05) is 36.4 Å². The van der Waals surface area contributed by atoms with Crippen LogP contribution in [0.1, 0.15) is 16.7 Å². The second-order valence-electron chi connectivity index (χ2n) is 8.69. The SMILES string of the molecule is COc1cc(-c2ccc(OCc3ccccc3)c(F)c2)ccc1C1=C(Nc2cccc(C#N)c2)C(=O)NC1=O. The van der Waals surface area contributed by atoms with Gasteiger partial charge in [0.05, 0.1) is 24.3 Å². The molecule has 1 aliphatic heterocycles. The average Bonchev–Trinajstić information content (AvgIpc) is 3.24. The largest absolute Gasteiger partial charge is 0.496 e. The van der Waals surface area contributed by atoms with Gasteiger partial charge in [-0.15, -0.1) is 0 Å². The predicted molar refractivity (Wildman–Crippen MR) is 144 cm³/mol. The molecular formula is C31H22FN3O4. The summed E-state index contributed by atoms with van der Waals surface area (Å²) in [6, 6.07) is 27.8. The highest BCUT2D eigenvalue weighted by Gasteiger charge is 2.33. The molecule has 8 heteroatoms. The van der Waals surface area contributed by atoms with Gasteiger partial charge in [0.1, 0.15) is 18.1 Å². The molecule has 0 aromatic heterocycles. The molecule has 0 saturated heterocycles. The Morgan fingerprint density at radius 2 is 1.64 bits per heavy atom. The molecule has 5 rings (SSSR count). The van der Waals surface area contributed by atoms with Crippen LogP contribution < -0.4 is 20.1 Å². The Kier molecular flexibility index (Phi) is 7.06. The standard InChI is InChI=1S/C31H22FN3O4/c1-38-27-16-22(21-11-13-26(25(32)15-21)39-18-19-6-3-2-4-7-19)10-12-24(27)28-29(31(37)35-30(28)36)34-23-9-5-8-20(14-23)17-33/h2-16H,18H2,1H3,(H2,34,35,36,37). The molecule has 4 aromatic rings. The fourth-order valence-electron chi connectivity index (χ4n) is 4.25. The Balaban J connectivity index is 1.44. The molecule has 0 bridgehead atoms. The maximum atomic E-state index is 14.9. The van der Waals surface area contributed by atoms with Crippen LogP contribution in [0.5, 0.6) is 11.5 Å². The van der Waals surface area contributed by atoms with Gasteiger partial charge in [0.25, 0.3) is 11.8 Å². The second kappa shape index (κ2) is 10.9. The number of nitriles is 1. The van der Waals surface area contributed by atoms with Gasteiger partial charge in [-0.1, -0.05) is 48.5 Å². The third kappa shape index (κ3) is 5.33. The van der Waals surface area contributed by atoms with Gasteiger partial charge >= 0.3 is 0 Å². The summed E-state index contributed by atoms with van der Waals surface area (Å²) in [7, 11) is 1.45. The lowest BCUT2D eigenvalue weighted by molar-refractivity contribution is -0.123. The first-order valence-electron chi connectivity index (χ1n) is 12.0. The van der Waals surface area contributed by atoms with Gasteiger partial charge in [0, 0.05) is 11.3 Å². The van der Waals surface area contributed by atoms with Crippen LogP contribution in [0, 0.1) is 17.1 Å². The number of ether oxygens (including phenoxy) is 2. The summed E-state index contributed by atoms with van der Waals surface area (Å²) in [5.74, 6) is -1.25. The van der Waals surface area contributed by atoms with Gasteiger partial charge < -0.3 is 14.8 Å². The van der Waals surface area contributed by atoms with Crippen molar-refractivity contribution in [3.63, 3.8) is 0 Å². The molecule has 2 amide bonds. The molecule has 0 radical (unpaired) electrons. The minimum absolute atomic E-state index is 0.0344. The summed E-state index contributed by atoms with van der Waals surface area (Å²) in [6.07, 6.45) is 0. The van der Waals surface area contributed by atoms with Crippen LogP contribution >= 0.6 is 0 Å². The normalized spacial score (nSPS) is 12.6. The highest BCUT2D eigenvalue weighted by molar-refractivity contribution is 6.37. The highest BCUT2D eigenvalue weighted by Crippen LogP contribution is 2.36. The minimum atomic E-state index is -0.600. The summed E-state index contributed by atoms with van der Waals surface area (Å²) in [6.45, 7) is 0.243. The van der Waals surface area contributed by atoms with Crippen LogP contribution in [0.2, 0.25) is 0 Å². The molecule has 0 fully saturated rings. The average molecular weight is 520 g/mol. The van der Waals surface area contributed by atoms with Crippen molar-refractivity contribution in [1.29, 1.82) is 5.26 Å². The molecule has 1 aliphatic rings. The number of carbonyl (C=O) groups is 2. The lowest BCUT2D eigenvalue weighted by Gasteiger charge is -2.14. The van der Waals surface area contributed by atoms with Gasteiger partial charge in [-0.25, -0.2) is 4.39 Å². The van der Waals surface area contributed by atoms with Crippen molar-refractivity contribution in [2.75, 3.05) is 12.4 Å². The number of hydrogen-bond acceptors (Lipinski definition) is 6. The van der Waals surface area contributed by atoms with E-state index in [-0.39, 0.29) is 23.6 Å². The van der Waals surface area contributed by atoms with E-state index >= 15 is 0 Å². The smallest absolute Gasteiger partial charge is 0.275 e. The minimum Gasteiger partial charge on any atom is -0.496 e. The number of nitrogens with zero attached hydrogens (tertiary/aromatic N) is 1. The number of hydrogen-bond donors (Lipinski definition) is 2. The number of halogens is 1. The zero-order valence-electron chi connectivity index (χ0n) is 20.8. The van der Waals surface area contributed by atoms with Crippen molar-refractivity contribution in [1.82, 2.24) is 5.32 Å². The summed E-state index contributed by atoms with van der Waals surface area (Å²) in [4.78, 5) is 25.4. The van der Waals surface area contributed by atoms with Crippen molar-refractivity contribution >= 4 is 23.1 Å². The Labute approximate surface area is 224 Å². The van der Waals surface area contributed by atoms with E-state index in [1.54, 1.807) is 54.6 Å². The molecule has 2 N–H and O–H groups in total. The van der Waals surface area contributed by atoms with E-state index in [2.05, 4.69) is 10.6 Å². The number of benzene rings is 4. The van der Waals surface area contributed by atoms with Crippen LogP contribution in [-0.4, -0.2) is 18.9 Å². The molecule has 192 valence electrons. The molecular weight excluding hydrogens is 497 g/mol. The Bertz CT molecular complexity index is 1660. The van der Waals surface area contributed by atoms with Crippen LogP contribution in [0.4, 0.5) is 10.1 Å². The fourth-order valence-corrected chi connectivity index (χ4v) is 4.25. The van der Waals surface area contributed by atoms with E-state index in [4.69, 9.17) is 9.47 Å². The number of methoxy groups -OCH3 is 1. The second-order valence-corrected chi connectivity index (χ2v) is 8.69. The van der Waals surface area contributed by atoms with Crippen molar-refractivity contribution in [3.8, 4) is 28.7 Å². The molecule has 7 nitrogen and oxygen atoms in total. The van der Waals surface area contributed by atoms with Crippen LogP contribution in [0.25, 0.3) is 16.7 Å². The van der Waals surface area contributed by atoms with E-state index < -0.39 is 17.6 Å². The number of carbonyl (C=O) groups excluding carboxylic acids is 2. The lowest BCUT2D eigenvalue weighted by Crippen LogP contribution is -2.24. The van der Waals surface area contributed by atoms with Crippen LogP contribution in [-0.2, 0) is 16.2 Å². The molecule has 1 heterocycles. The molecule has 0 saturated carbocycles. The summed E-state index contributed by atoms with van der Waals surface area (Å²) < 4.78 is 26.1. The quantitative estimate of drug-likeness (QED) is 0.301. The van der Waals surface area contributed by atoms with Crippen molar-refractivity contribution in [2.24, 2.45) is 0 Å². The third-order valence-corrected chi connectivity index (χ3v) is 6.17. The first-order chi connectivity index (χ1) is 19.0. The lowest BCUT2D eigenvalue weighted by atomic mass is 9.98. The maximum Gasteiger partial charge on any atom is 0.275 e. The van der Waals surface area contributed by atoms with Crippen molar-refractivity contribution in [3.05, 3.63) is 119 Å². The monoisotopic (exact) mass is 519 g/mol. The predicted octanol–water partition coefficient (Wildman–Crippen LogP) is 5.43. The summed E-state index contributed by atoms with van der Waals surface area (Å²) >= 11 is 0. The van der Waals surface area contributed by atoms with Gasteiger partial charge in [0.15, 0.2) is 11.6 Å². The number of rotatable bonds is 8. The van der Waals surface area contributed by atoms with Gasteiger partial charge in [-0.2, -0.15) is 5.26 Å². The number of amides is 2. The molecule has 0 aliphatic carbocycles. The molecule has 0 atom stereocenters. The molecule has 0 unspecified atom stereocenters. The highest BCUT2D eigenvalue weighted by atomic mass is 19.1. The third-order valence-electron chi connectivity index (χ3n) is 6.17. The van der Waals surface area contributed by atoms with E-state index in [0.717, 1.165) is 5.56 Å². The van der Waals surface area contributed by atoms with E-state index in [0.29, 0.717) is 33.7 Å². The van der Waals surface area contributed by atoms with Gasteiger partial charge in [-0.05, 0) is 59.2 Å². The van der Waals surface area contributed by atoms with E-state index in [9.17, 15) is 19.2 Å². The Hall–Kier alpha value is -5.42. The van der Waals surface area contributed by atoms with Crippen LogP contribution in [0.15, 0.2) is 96.7 Å². The van der Waals surface area contributed by atoms with E-state index in [1.165, 1.54) is 13.2 Å². The van der Waals surface area contributed by atoms with Crippen molar-refractivity contribution in [2.45, 2.75) is 6.61 Å². The topological polar surface area (TPSA) is 100 Å². The first-order valence-corrected chi connectivity index (χ1v) is 12.0. The Morgan fingerprint density at radius 3 is 2.38 bits per heavy atom. The summed E-state index contributed by atoms with van der Waals surface area (Å²) in [5.41, 5.74) is 3.55. The van der Waals surface area contributed by atoms with Crippen molar-refractivity contribution < 1.29 is 23.5 Å². The van der Waals surface area contributed by atoms with Gasteiger partial charge in [0.2, 0.25) is 0 Å². The molecule has 0 spiro atoms. The zero-order valence-corrected chi connectivity index (χ0v) is 20.8. The fraction of sp³-hybridized carbons (Fsp3) is 0.0645. The zero-order chi connectivity index (χ0) is 27.4.